The maximum atomic E-state index is 11.3. The number of para-hydroxylation sites is 2. The molecule has 158 valence electrons. The van der Waals surface area contributed by atoms with Gasteiger partial charge in [0.2, 0.25) is 5.91 Å². The Morgan fingerprint density at radius 2 is 2.00 bits per heavy atom. The molecule has 0 saturated heterocycles. The van der Waals surface area contributed by atoms with E-state index < -0.39 is 0 Å². The molecule has 0 aliphatic rings. The molecule has 0 fully saturated rings. The Morgan fingerprint density at radius 3 is 2.80 bits per heavy atom. The summed E-state index contributed by atoms with van der Waals surface area (Å²) in [5.74, 6) is 1.91. The molecule has 0 spiro atoms. The highest BCUT2D eigenvalue weighted by Gasteiger charge is 2.10. The van der Waals surface area contributed by atoms with Crippen LogP contribution in [0.1, 0.15) is 36.2 Å². The zero-order valence-electron chi connectivity index (χ0n) is 18.0. The van der Waals surface area contributed by atoms with Crippen LogP contribution in [0.2, 0.25) is 0 Å². The first-order chi connectivity index (χ1) is 14.6. The average Bonchev–Trinajstić information content (AvgIpc) is 3.09. The molecule has 0 aliphatic carbocycles. The molecule has 1 amide bonds. The highest BCUT2D eigenvalue weighted by atomic mass is 16.5. The number of carbonyl (C=O) groups excluding carboxylic acids is 1. The van der Waals surface area contributed by atoms with Gasteiger partial charge in [-0.2, -0.15) is 0 Å². The van der Waals surface area contributed by atoms with Gasteiger partial charge in [0, 0.05) is 19.5 Å². The topological polar surface area (TPSA) is 56.2 Å². The lowest BCUT2D eigenvalue weighted by Gasteiger charge is -2.12. The number of aromatic nitrogens is 2. The van der Waals surface area contributed by atoms with E-state index in [1.54, 1.807) is 0 Å². The quantitative estimate of drug-likeness (QED) is 0.370. The number of hydrogen-bond acceptors (Lipinski definition) is 3. The molecule has 30 heavy (non-hydrogen) atoms. The van der Waals surface area contributed by atoms with Crippen molar-refractivity contribution >= 4 is 16.9 Å². The molecule has 5 heteroatoms. The predicted molar refractivity (Wildman–Crippen MR) is 122 cm³/mol. The minimum atomic E-state index is -0.132. The number of carbonyl (C=O) groups is 1. The summed E-state index contributed by atoms with van der Waals surface area (Å²) in [5.41, 5.74) is 4.62. The monoisotopic (exact) mass is 405 g/mol. The summed E-state index contributed by atoms with van der Waals surface area (Å²) in [7, 11) is 0. The summed E-state index contributed by atoms with van der Waals surface area (Å²) in [4.78, 5) is 16.1. The molecule has 1 heterocycles. The number of aryl methyl sites for hydroxylation is 4. The summed E-state index contributed by atoms with van der Waals surface area (Å²) in [6, 6.07) is 14.5. The van der Waals surface area contributed by atoms with Crippen LogP contribution in [0.5, 0.6) is 5.75 Å². The molecule has 1 aromatic heterocycles. The minimum Gasteiger partial charge on any atom is -0.493 e. The van der Waals surface area contributed by atoms with Crippen molar-refractivity contribution in [2.75, 3.05) is 13.2 Å². The Kier molecular flexibility index (Phi) is 7.66. The number of fused-ring (bicyclic) bond motifs is 1. The largest absolute Gasteiger partial charge is 0.493 e. The number of hydrogen-bond donors (Lipinski definition) is 1. The van der Waals surface area contributed by atoms with Crippen molar-refractivity contribution in [2.24, 2.45) is 0 Å². The number of amides is 1. The van der Waals surface area contributed by atoms with Crippen molar-refractivity contribution in [3.05, 3.63) is 72.1 Å². The third-order valence-electron chi connectivity index (χ3n) is 5.16. The normalized spacial score (nSPS) is 10.9. The van der Waals surface area contributed by atoms with Gasteiger partial charge < -0.3 is 14.6 Å². The fourth-order valence-corrected chi connectivity index (χ4v) is 3.61. The molecular formula is C25H31N3O2. The maximum Gasteiger partial charge on any atom is 0.243 e. The van der Waals surface area contributed by atoms with Gasteiger partial charge in [-0.25, -0.2) is 4.98 Å². The summed E-state index contributed by atoms with van der Waals surface area (Å²) in [6.07, 6.45) is 4.97. The van der Waals surface area contributed by atoms with E-state index in [0.29, 0.717) is 13.2 Å². The van der Waals surface area contributed by atoms with E-state index in [2.05, 4.69) is 66.7 Å². The fraction of sp³-hybridized carbons (Fsp3) is 0.360. The van der Waals surface area contributed by atoms with Gasteiger partial charge in [-0.1, -0.05) is 36.4 Å². The third kappa shape index (κ3) is 5.72. The lowest BCUT2D eigenvalue weighted by Crippen LogP contribution is -2.22. The van der Waals surface area contributed by atoms with Gasteiger partial charge in [0.1, 0.15) is 11.6 Å². The summed E-state index contributed by atoms with van der Waals surface area (Å²) < 4.78 is 8.28. The highest BCUT2D eigenvalue weighted by molar-refractivity contribution is 5.86. The second-order valence-electron chi connectivity index (χ2n) is 7.59. The molecule has 5 nitrogen and oxygen atoms in total. The molecule has 0 unspecified atom stereocenters. The Bertz CT molecular complexity index is 1010. The van der Waals surface area contributed by atoms with E-state index in [1.165, 1.54) is 17.2 Å². The third-order valence-corrected chi connectivity index (χ3v) is 5.16. The van der Waals surface area contributed by atoms with Crippen molar-refractivity contribution in [1.29, 1.82) is 0 Å². The van der Waals surface area contributed by atoms with Crippen LogP contribution in [-0.4, -0.2) is 28.6 Å². The summed E-state index contributed by atoms with van der Waals surface area (Å²) >= 11 is 0. The van der Waals surface area contributed by atoms with E-state index >= 15 is 0 Å². The average molecular weight is 406 g/mol. The van der Waals surface area contributed by atoms with Gasteiger partial charge in [-0.3, -0.25) is 4.79 Å². The molecular weight excluding hydrogens is 374 g/mol. The number of rotatable bonds is 11. The number of unbranched alkanes of at least 4 members (excludes halogenated alkanes) is 1. The van der Waals surface area contributed by atoms with E-state index in [9.17, 15) is 4.79 Å². The van der Waals surface area contributed by atoms with Gasteiger partial charge >= 0.3 is 0 Å². The molecule has 0 atom stereocenters. The Labute approximate surface area is 178 Å². The van der Waals surface area contributed by atoms with Crippen LogP contribution in [0.3, 0.4) is 0 Å². The van der Waals surface area contributed by atoms with Crippen LogP contribution >= 0.6 is 0 Å². The SMILES string of the molecule is C=CC(=O)NCCCc1nc2ccccc2n1CCCCOc1ccc(C)cc1C. The number of imidazole rings is 1. The summed E-state index contributed by atoms with van der Waals surface area (Å²) in [5, 5.41) is 2.83. The summed E-state index contributed by atoms with van der Waals surface area (Å²) in [6.45, 7) is 9.90. The highest BCUT2D eigenvalue weighted by Crippen LogP contribution is 2.20. The van der Waals surface area contributed by atoms with Crippen molar-refractivity contribution in [3.63, 3.8) is 0 Å². The molecule has 3 rings (SSSR count). The van der Waals surface area contributed by atoms with Crippen molar-refractivity contribution in [1.82, 2.24) is 14.9 Å². The van der Waals surface area contributed by atoms with Gasteiger partial charge in [-0.05, 0) is 62.9 Å². The van der Waals surface area contributed by atoms with Crippen LogP contribution < -0.4 is 10.1 Å². The maximum absolute atomic E-state index is 11.3. The molecule has 3 aromatic rings. The molecule has 0 aliphatic heterocycles. The molecule has 0 radical (unpaired) electrons. The minimum absolute atomic E-state index is 0.132. The zero-order chi connectivity index (χ0) is 21.3. The first-order valence-corrected chi connectivity index (χ1v) is 10.6. The number of benzene rings is 2. The fourth-order valence-electron chi connectivity index (χ4n) is 3.61. The van der Waals surface area contributed by atoms with Crippen molar-refractivity contribution in [3.8, 4) is 5.75 Å². The lowest BCUT2D eigenvalue weighted by atomic mass is 10.1. The van der Waals surface area contributed by atoms with Crippen LogP contribution in [0.25, 0.3) is 11.0 Å². The van der Waals surface area contributed by atoms with Gasteiger partial charge in [-0.15, -0.1) is 0 Å². The second kappa shape index (κ2) is 10.6. The Morgan fingerprint density at radius 1 is 1.17 bits per heavy atom. The van der Waals surface area contributed by atoms with Crippen LogP contribution in [0, 0.1) is 13.8 Å². The Hall–Kier alpha value is -3.08. The van der Waals surface area contributed by atoms with E-state index in [1.807, 2.05) is 6.07 Å². The molecule has 2 aromatic carbocycles. The van der Waals surface area contributed by atoms with E-state index in [0.717, 1.165) is 54.8 Å². The predicted octanol–water partition coefficient (Wildman–Crippen LogP) is 4.75. The van der Waals surface area contributed by atoms with Gasteiger partial charge in [0.25, 0.3) is 0 Å². The first-order valence-electron chi connectivity index (χ1n) is 10.6. The number of nitrogens with zero attached hydrogens (tertiary/aromatic N) is 2. The smallest absolute Gasteiger partial charge is 0.243 e. The zero-order valence-corrected chi connectivity index (χ0v) is 18.0. The van der Waals surface area contributed by atoms with Gasteiger partial charge in [0.15, 0.2) is 0 Å². The van der Waals surface area contributed by atoms with E-state index in [-0.39, 0.29) is 5.91 Å². The standard InChI is InChI=1S/C25H31N3O2/c1-4-25(29)26-15-9-12-24-27-21-10-5-6-11-22(21)28(24)16-7-8-17-30-23-14-13-19(2)18-20(23)3/h4-6,10-11,13-14,18H,1,7-9,12,15-17H2,2-3H3,(H,26,29). The van der Waals surface area contributed by atoms with Crippen molar-refractivity contribution in [2.45, 2.75) is 46.1 Å². The van der Waals surface area contributed by atoms with Gasteiger partial charge in [0.05, 0.1) is 17.6 Å². The molecule has 0 saturated carbocycles. The van der Waals surface area contributed by atoms with Crippen LogP contribution in [0.4, 0.5) is 0 Å². The van der Waals surface area contributed by atoms with Crippen molar-refractivity contribution < 1.29 is 9.53 Å². The molecule has 1 N–H and O–H groups in total. The molecule has 0 bridgehead atoms. The first kappa shape index (κ1) is 21.6. The number of nitrogens with one attached hydrogen (secondary N) is 1. The lowest BCUT2D eigenvalue weighted by molar-refractivity contribution is -0.116. The van der Waals surface area contributed by atoms with E-state index in [4.69, 9.17) is 9.72 Å². The van der Waals surface area contributed by atoms with Crippen LogP contribution in [0.15, 0.2) is 55.1 Å². The Balaban J connectivity index is 1.54. The second-order valence-corrected chi connectivity index (χ2v) is 7.59. The number of ether oxygens (including phenoxy) is 1. The van der Waals surface area contributed by atoms with Crippen LogP contribution in [-0.2, 0) is 17.8 Å².